The fraction of sp³-hybridized carbons (Fsp3) is 0.833. The molecule has 1 N–H and O–H groups in total. The third-order valence-corrected chi connectivity index (χ3v) is 2.22. The van der Waals surface area contributed by atoms with Crippen molar-refractivity contribution in [2.45, 2.75) is 12.8 Å². The summed E-state index contributed by atoms with van der Waals surface area (Å²) in [7, 11) is -3.08. The van der Waals surface area contributed by atoms with Crippen molar-refractivity contribution in [1.29, 1.82) is 0 Å². The van der Waals surface area contributed by atoms with Crippen LogP contribution in [0.3, 0.4) is 0 Å². The lowest BCUT2D eigenvalue weighted by Gasteiger charge is -2.02. The number of hydrogen-bond donors (Lipinski definition) is 1. The number of nitrogens with one attached hydrogen (secondary N) is 1. The minimum atomic E-state index is -3.08. The summed E-state index contributed by atoms with van der Waals surface area (Å²) >= 11 is 0. The zero-order valence-corrected chi connectivity index (χ0v) is 7.90. The molecule has 13 heavy (non-hydrogen) atoms. The van der Waals surface area contributed by atoms with Crippen LogP contribution in [-0.2, 0) is 14.6 Å². The molecule has 0 aliphatic heterocycles. The van der Waals surface area contributed by atoms with Gasteiger partial charge in [0.1, 0.15) is 9.84 Å². The quantitative estimate of drug-likeness (QED) is 0.646. The van der Waals surface area contributed by atoms with Crippen molar-refractivity contribution in [3.63, 3.8) is 0 Å². The lowest BCUT2D eigenvalue weighted by molar-refractivity contribution is -0.131. The van der Waals surface area contributed by atoms with E-state index in [-0.39, 0.29) is 18.7 Å². The largest absolute Gasteiger partial charge is 0.351 e. The van der Waals surface area contributed by atoms with Crippen LogP contribution in [-0.4, -0.2) is 39.3 Å². The standard InChI is InChI=1S/C6H11F2NO3S/c1-13(11,12)4-2-3-9-6(10)5(7)8/h5H,2-4H2,1H3,(H,9,10). The van der Waals surface area contributed by atoms with Gasteiger partial charge in [0, 0.05) is 12.8 Å². The topological polar surface area (TPSA) is 63.2 Å². The second kappa shape index (κ2) is 5.11. The van der Waals surface area contributed by atoms with E-state index in [1.165, 1.54) is 0 Å². The van der Waals surface area contributed by atoms with Crippen molar-refractivity contribution in [3.8, 4) is 0 Å². The SMILES string of the molecule is CS(=O)(=O)CCCNC(=O)C(F)F. The van der Waals surface area contributed by atoms with E-state index in [9.17, 15) is 22.0 Å². The van der Waals surface area contributed by atoms with Crippen LogP contribution in [0.15, 0.2) is 0 Å². The molecule has 0 aromatic heterocycles. The molecule has 0 atom stereocenters. The molecule has 0 fully saturated rings. The van der Waals surface area contributed by atoms with Crippen LogP contribution in [0, 0.1) is 0 Å². The normalized spacial score (nSPS) is 11.7. The summed E-state index contributed by atoms with van der Waals surface area (Å²) in [4.78, 5) is 10.3. The summed E-state index contributed by atoms with van der Waals surface area (Å²) in [6.45, 7) is -0.0454. The first-order valence-corrected chi connectivity index (χ1v) is 5.62. The lowest BCUT2D eigenvalue weighted by Crippen LogP contribution is -2.31. The number of sulfone groups is 1. The molecule has 0 aromatic carbocycles. The summed E-state index contributed by atoms with van der Waals surface area (Å²) < 4.78 is 44.2. The predicted molar refractivity (Wildman–Crippen MR) is 43.3 cm³/mol. The van der Waals surface area contributed by atoms with Gasteiger partial charge in [-0.15, -0.1) is 0 Å². The Morgan fingerprint density at radius 2 is 2.00 bits per heavy atom. The van der Waals surface area contributed by atoms with Gasteiger partial charge >= 0.3 is 6.43 Å². The van der Waals surface area contributed by atoms with E-state index in [0.717, 1.165) is 6.26 Å². The molecule has 0 aliphatic rings. The Hall–Kier alpha value is -0.720. The Bertz CT molecular complexity index is 263. The van der Waals surface area contributed by atoms with Gasteiger partial charge in [0.2, 0.25) is 0 Å². The monoisotopic (exact) mass is 215 g/mol. The van der Waals surface area contributed by atoms with E-state index < -0.39 is 22.2 Å². The van der Waals surface area contributed by atoms with Crippen LogP contribution < -0.4 is 5.32 Å². The van der Waals surface area contributed by atoms with E-state index in [4.69, 9.17) is 0 Å². The molecule has 0 bridgehead atoms. The lowest BCUT2D eigenvalue weighted by atomic mass is 10.4. The third-order valence-electron chi connectivity index (χ3n) is 1.19. The first kappa shape index (κ1) is 12.3. The number of hydrogen-bond acceptors (Lipinski definition) is 3. The van der Waals surface area contributed by atoms with Crippen molar-refractivity contribution in [1.82, 2.24) is 5.32 Å². The molecule has 0 heterocycles. The fourth-order valence-electron chi connectivity index (χ4n) is 0.623. The average molecular weight is 215 g/mol. The van der Waals surface area contributed by atoms with Gasteiger partial charge in [-0.05, 0) is 6.42 Å². The first-order chi connectivity index (χ1) is 5.83. The Morgan fingerprint density at radius 1 is 1.46 bits per heavy atom. The molecule has 0 aromatic rings. The number of carbonyl (C=O) groups excluding carboxylic acids is 1. The van der Waals surface area contributed by atoms with Gasteiger partial charge in [-0.1, -0.05) is 0 Å². The summed E-state index contributed by atoms with van der Waals surface area (Å²) in [5.41, 5.74) is 0. The molecule has 0 radical (unpaired) electrons. The Labute approximate surface area is 75.2 Å². The first-order valence-electron chi connectivity index (χ1n) is 3.56. The highest BCUT2D eigenvalue weighted by Crippen LogP contribution is 1.92. The minimum absolute atomic E-state index is 0.0454. The van der Waals surface area contributed by atoms with Crippen LogP contribution in [0.2, 0.25) is 0 Å². The van der Waals surface area contributed by atoms with Crippen molar-refractivity contribution in [3.05, 3.63) is 0 Å². The second-order valence-electron chi connectivity index (χ2n) is 2.58. The van der Waals surface area contributed by atoms with E-state index in [2.05, 4.69) is 0 Å². The van der Waals surface area contributed by atoms with E-state index in [1.54, 1.807) is 0 Å². The number of halogens is 2. The Balaban J connectivity index is 3.53. The molecule has 0 unspecified atom stereocenters. The highest BCUT2D eigenvalue weighted by Gasteiger charge is 2.13. The number of carbonyl (C=O) groups is 1. The number of amides is 1. The number of rotatable bonds is 5. The van der Waals surface area contributed by atoms with Crippen LogP contribution in [0.5, 0.6) is 0 Å². The van der Waals surface area contributed by atoms with Gasteiger partial charge in [-0.2, -0.15) is 8.78 Å². The van der Waals surface area contributed by atoms with Crippen LogP contribution in [0.1, 0.15) is 6.42 Å². The van der Waals surface area contributed by atoms with Gasteiger partial charge in [0.15, 0.2) is 0 Å². The molecular formula is C6H11F2NO3S. The molecule has 7 heteroatoms. The Kier molecular flexibility index (Phi) is 4.82. The molecular weight excluding hydrogens is 204 g/mol. The predicted octanol–water partition coefficient (Wildman–Crippen LogP) is -0.198. The molecule has 0 saturated heterocycles. The average Bonchev–Trinajstić information content (AvgIpc) is 1.95. The van der Waals surface area contributed by atoms with Crippen molar-refractivity contribution >= 4 is 15.7 Å². The van der Waals surface area contributed by atoms with Crippen LogP contribution in [0.25, 0.3) is 0 Å². The maximum Gasteiger partial charge on any atom is 0.315 e. The number of alkyl halides is 2. The highest BCUT2D eigenvalue weighted by molar-refractivity contribution is 7.90. The molecule has 4 nitrogen and oxygen atoms in total. The molecule has 78 valence electrons. The smallest absolute Gasteiger partial charge is 0.315 e. The van der Waals surface area contributed by atoms with Gasteiger partial charge in [-0.3, -0.25) is 4.79 Å². The van der Waals surface area contributed by atoms with Gasteiger partial charge < -0.3 is 5.32 Å². The van der Waals surface area contributed by atoms with Crippen molar-refractivity contribution < 1.29 is 22.0 Å². The van der Waals surface area contributed by atoms with E-state index in [0.29, 0.717) is 0 Å². The second-order valence-corrected chi connectivity index (χ2v) is 4.83. The zero-order valence-electron chi connectivity index (χ0n) is 7.09. The van der Waals surface area contributed by atoms with Crippen LogP contribution in [0.4, 0.5) is 8.78 Å². The van der Waals surface area contributed by atoms with Gasteiger partial charge in [0.05, 0.1) is 5.75 Å². The summed E-state index contributed by atoms with van der Waals surface area (Å²) in [5, 5.41) is 1.90. The fourth-order valence-corrected chi connectivity index (χ4v) is 1.29. The summed E-state index contributed by atoms with van der Waals surface area (Å²) in [6.07, 6.45) is -1.85. The van der Waals surface area contributed by atoms with Crippen molar-refractivity contribution in [2.75, 3.05) is 18.6 Å². The zero-order chi connectivity index (χ0) is 10.5. The van der Waals surface area contributed by atoms with E-state index in [1.807, 2.05) is 5.32 Å². The minimum Gasteiger partial charge on any atom is -0.351 e. The molecule has 1 amide bonds. The molecule has 0 rings (SSSR count). The van der Waals surface area contributed by atoms with E-state index >= 15 is 0 Å². The maximum absolute atomic E-state index is 11.6. The summed E-state index contributed by atoms with van der Waals surface area (Å²) in [6, 6.07) is 0. The van der Waals surface area contributed by atoms with Crippen LogP contribution >= 0.6 is 0 Å². The molecule has 0 aliphatic carbocycles. The third kappa shape index (κ3) is 7.63. The summed E-state index contributed by atoms with van der Waals surface area (Å²) in [5.74, 6) is -1.48. The Morgan fingerprint density at radius 3 is 2.38 bits per heavy atom. The van der Waals surface area contributed by atoms with Crippen molar-refractivity contribution in [2.24, 2.45) is 0 Å². The highest BCUT2D eigenvalue weighted by atomic mass is 32.2. The van der Waals surface area contributed by atoms with Gasteiger partial charge in [-0.25, -0.2) is 8.42 Å². The molecule has 0 spiro atoms. The van der Waals surface area contributed by atoms with Gasteiger partial charge in [0.25, 0.3) is 5.91 Å². The maximum atomic E-state index is 11.6. The molecule has 0 saturated carbocycles.